The molecule has 0 radical (unpaired) electrons. The zero-order chi connectivity index (χ0) is 17.1. The molecule has 1 aromatic carbocycles. The molecular weight excluding hydrogens is 346 g/mol. The number of nitrogen functional groups attached to an aromatic ring is 1. The third-order valence-corrected chi connectivity index (χ3v) is 3.96. The molecule has 23 heavy (non-hydrogen) atoms. The summed E-state index contributed by atoms with van der Waals surface area (Å²) in [5.41, 5.74) is 6.36. The Bertz CT molecular complexity index is 715. The minimum Gasteiger partial charge on any atom is -0.482 e. The second-order valence-electron chi connectivity index (χ2n) is 4.87. The minimum absolute atomic E-state index is 0.0781. The SMILES string of the molecule is C[C@@H](Oc1cc(C(O)CO)cnc1N)c1c(Cl)ccc(F)c1Cl. The molecular formula is C15H15Cl2FN2O3. The summed E-state index contributed by atoms with van der Waals surface area (Å²) in [4.78, 5) is 3.90. The molecule has 2 atom stereocenters. The number of rotatable bonds is 5. The van der Waals surface area contributed by atoms with Crippen LogP contribution in [0, 0.1) is 5.82 Å². The number of nitrogens with two attached hydrogens (primary N) is 1. The van der Waals surface area contributed by atoms with Crippen LogP contribution in [-0.2, 0) is 0 Å². The van der Waals surface area contributed by atoms with Crippen LogP contribution in [0.2, 0.25) is 10.0 Å². The summed E-state index contributed by atoms with van der Waals surface area (Å²) in [6.45, 7) is 1.16. The van der Waals surface area contributed by atoms with Crippen LogP contribution in [0.3, 0.4) is 0 Å². The largest absolute Gasteiger partial charge is 0.482 e. The number of hydrogen-bond donors (Lipinski definition) is 3. The lowest BCUT2D eigenvalue weighted by Gasteiger charge is -2.19. The van der Waals surface area contributed by atoms with Crippen molar-refractivity contribution in [3.8, 4) is 5.75 Å². The van der Waals surface area contributed by atoms with E-state index in [1.54, 1.807) is 6.92 Å². The van der Waals surface area contributed by atoms with E-state index in [9.17, 15) is 9.50 Å². The Morgan fingerprint density at radius 3 is 2.74 bits per heavy atom. The van der Waals surface area contributed by atoms with E-state index in [0.717, 1.165) is 6.07 Å². The fraction of sp³-hybridized carbons (Fsp3) is 0.267. The summed E-state index contributed by atoms with van der Waals surface area (Å²) in [7, 11) is 0. The second kappa shape index (κ2) is 7.31. The van der Waals surface area contributed by atoms with E-state index >= 15 is 0 Å². The van der Waals surface area contributed by atoms with Gasteiger partial charge in [0, 0.05) is 22.3 Å². The predicted molar refractivity (Wildman–Crippen MR) is 86.2 cm³/mol. The first-order valence-corrected chi connectivity index (χ1v) is 7.45. The number of hydrogen-bond acceptors (Lipinski definition) is 5. The van der Waals surface area contributed by atoms with Gasteiger partial charge in [0.1, 0.15) is 18.0 Å². The van der Waals surface area contributed by atoms with Crippen LogP contribution in [-0.4, -0.2) is 21.8 Å². The van der Waals surface area contributed by atoms with E-state index in [2.05, 4.69) is 4.98 Å². The van der Waals surface area contributed by atoms with Crippen LogP contribution in [0.15, 0.2) is 24.4 Å². The Morgan fingerprint density at radius 2 is 2.09 bits per heavy atom. The van der Waals surface area contributed by atoms with E-state index in [1.807, 2.05) is 0 Å². The summed E-state index contributed by atoms with van der Waals surface area (Å²) in [5, 5.41) is 18.7. The zero-order valence-corrected chi connectivity index (χ0v) is 13.6. The van der Waals surface area contributed by atoms with E-state index < -0.39 is 24.6 Å². The molecule has 2 rings (SSSR count). The zero-order valence-electron chi connectivity index (χ0n) is 12.1. The van der Waals surface area contributed by atoms with Crippen molar-refractivity contribution in [2.75, 3.05) is 12.3 Å². The number of nitrogens with zero attached hydrogens (tertiary/aromatic N) is 1. The van der Waals surface area contributed by atoms with Gasteiger partial charge in [-0.1, -0.05) is 23.2 Å². The van der Waals surface area contributed by atoms with Crippen molar-refractivity contribution in [1.29, 1.82) is 0 Å². The quantitative estimate of drug-likeness (QED) is 0.712. The molecule has 1 heterocycles. The predicted octanol–water partition coefficient (Wildman–Crippen LogP) is 3.28. The molecule has 0 aliphatic carbocycles. The van der Waals surface area contributed by atoms with Gasteiger partial charge in [0.25, 0.3) is 0 Å². The van der Waals surface area contributed by atoms with Crippen molar-refractivity contribution >= 4 is 29.0 Å². The molecule has 2 aromatic rings. The van der Waals surface area contributed by atoms with Crippen molar-refractivity contribution in [2.24, 2.45) is 0 Å². The summed E-state index contributed by atoms with van der Waals surface area (Å²) in [5.74, 6) is -0.370. The van der Waals surface area contributed by atoms with Crippen molar-refractivity contribution < 1.29 is 19.3 Å². The number of benzene rings is 1. The average molecular weight is 361 g/mol. The summed E-state index contributed by atoms with van der Waals surface area (Å²) in [6, 6.07) is 3.99. The molecule has 124 valence electrons. The van der Waals surface area contributed by atoms with Gasteiger partial charge in [-0.05, 0) is 25.1 Å². The normalized spacial score (nSPS) is 13.7. The summed E-state index contributed by atoms with van der Waals surface area (Å²) >= 11 is 12.0. The van der Waals surface area contributed by atoms with Crippen LogP contribution < -0.4 is 10.5 Å². The van der Waals surface area contributed by atoms with Crippen molar-refractivity contribution in [1.82, 2.24) is 4.98 Å². The van der Waals surface area contributed by atoms with Gasteiger partial charge < -0.3 is 20.7 Å². The van der Waals surface area contributed by atoms with Gasteiger partial charge in [-0.3, -0.25) is 0 Å². The maximum Gasteiger partial charge on any atom is 0.166 e. The van der Waals surface area contributed by atoms with Crippen LogP contribution in [0.4, 0.5) is 10.2 Å². The smallest absolute Gasteiger partial charge is 0.166 e. The lowest BCUT2D eigenvalue weighted by atomic mass is 10.1. The fourth-order valence-electron chi connectivity index (χ4n) is 2.02. The number of halogens is 3. The van der Waals surface area contributed by atoms with Gasteiger partial charge in [0.05, 0.1) is 11.6 Å². The molecule has 0 fully saturated rings. The van der Waals surface area contributed by atoms with Gasteiger partial charge in [0.2, 0.25) is 0 Å². The third kappa shape index (κ3) is 3.84. The lowest BCUT2D eigenvalue weighted by molar-refractivity contribution is 0.0949. The summed E-state index contributed by atoms with van der Waals surface area (Å²) < 4.78 is 19.3. The number of anilines is 1. The van der Waals surface area contributed by atoms with Crippen molar-refractivity contribution in [2.45, 2.75) is 19.1 Å². The minimum atomic E-state index is -1.11. The Kier molecular flexibility index (Phi) is 5.64. The van der Waals surface area contributed by atoms with E-state index in [-0.39, 0.29) is 27.2 Å². The molecule has 0 saturated carbocycles. The Labute approximate surface area is 142 Å². The number of aromatic nitrogens is 1. The Morgan fingerprint density at radius 1 is 1.39 bits per heavy atom. The highest BCUT2D eigenvalue weighted by Gasteiger charge is 2.20. The highest BCUT2D eigenvalue weighted by atomic mass is 35.5. The topological polar surface area (TPSA) is 88.6 Å². The highest BCUT2D eigenvalue weighted by molar-refractivity contribution is 6.36. The number of aliphatic hydroxyl groups excluding tert-OH is 2. The van der Waals surface area contributed by atoms with E-state index in [4.69, 9.17) is 38.8 Å². The van der Waals surface area contributed by atoms with Gasteiger partial charge in [-0.15, -0.1) is 0 Å². The molecule has 0 aliphatic rings. The first kappa shape index (κ1) is 17.7. The van der Waals surface area contributed by atoms with Gasteiger partial charge in [-0.25, -0.2) is 9.37 Å². The van der Waals surface area contributed by atoms with Crippen LogP contribution in [0.25, 0.3) is 0 Å². The van der Waals surface area contributed by atoms with Crippen molar-refractivity contribution in [3.05, 3.63) is 51.4 Å². The first-order valence-electron chi connectivity index (χ1n) is 6.69. The van der Waals surface area contributed by atoms with Crippen LogP contribution in [0.5, 0.6) is 5.75 Å². The average Bonchev–Trinajstić information content (AvgIpc) is 2.52. The molecule has 0 saturated heterocycles. The maximum atomic E-state index is 13.6. The van der Waals surface area contributed by atoms with Crippen LogP contribution >= 0.6 is 23.2 Å². The molecule has 1 aromatic heterocycles. The molecule has 0 amide bonds. The molecule has 0 aliphatic heterocycles. The fourth-order valence-corrected chi connectivity index (χ4v) is 2.70. The summed E-state index contributed by atoms with van der Waals surface area (Å²) in [6.07, 6.45) is -0.492. The molecule has 5 nitrogen and oxygen atoms in total. The highest BCUT2D eigenvalue weighted by Crippen LogP contribution is 2.36. The number of aliphatic hydroxyl groups is 2. The molecule has 0 spiro atoms. The molecule has 0 bridgehead atoms. The van der Waals surface area contributed by atoms with Gasteiger partial charge >= 0.3 is 0 Å². The second-order valence-corrected chi connectivity index (χ2v) is 5.65. The maximum absolute atomic E-state index is 13.6. The lowest BCUT2D eigenvalue weighted by Crippen LogP contribution is -2.10. The molecule has 1 unspecified atom stereocenters. The number of pyridine rings is 1. The Balaban J connectivity index is 2.34. The first-order chi connectivity index (χ1) is 10.8. The standard InChI is InChI=1S/C15H15Cl2FN2O3/c1-7(13-9(16)2-3-10(18)14(13)17)23-12-4-8(11(22)6-21)5-20-15(12)19/h2-5,7,11,21-22H,6H2,1H3,(H2,19,20)/t7-,11?/m1/s1. The van der Waals surface area contributed by atoms with Gasteiger partial charge in [0.15, 0.2) is 11.6 Å². The monoisotopic (exact) mass is 360 g/mol. The van der Waals surface area contributed by atoms with Crippen molar-refractivity contribution in [3.63, 3.8) is 0 Å². The van der Waals surface area contributed by atoms with Gasteiger partial charge in [-0.2, -0.15) is 0 Å². The van der Waals surface area contributed by atoms with E-state index in [1.165, 1.54) is 18.3 Å². The van der Waals surface area contributed by atoms with E-state index in [0.29, 0.717) is 5.56 Å². The molecule has 4 N–H and O–H groups in total. The Hall–Kier alpha value is -1.60. The third-order valence-electron chi connectivity index (χ3n) is 3.25. The number of ether oxygens (including phenoxy) is 1. The molecule has 8 heteroatoms. The van der Waals surface area contributed by atoms with Crippen LogP contribution in [0.1, 0.15) is 30.3 Å².